The Balaban J connectivity index is 1.92. The molecule has 0 bridgehead atoms. The number of benzene rings is 3. The van der Waals surface area contributed by atoms with E-state index in [0.29, 0.717) is 16.4 Å². The van der Waals surface area contributed by atoms with Gasteiger partial charge in [-0.3, -0.25) is 4.98 Å². The van der Waals surface area contributed by atoms with Crippen LogP contribution in [0, 0.1) is 0 Å². The minimum atomic E-state index is 0.616. The molecule has 0 amide bonds. The van der Waals surface area contributed by atoms with Crippen molar-refractivity contribution in [3.63, 3.8) is 0 Å². The van der Waals surface area contributed by atoms with Crippen LogP contribution in [0.5, 0.6) is 0 Å². The summed E-state index contributed by atoms with van der Waals surface area (Å²) < 4.78 is 6.09. The lowest BCUT2D eigenvalue weighted by Gasteiger charge is -2.10. The van der Waals surface area contributed by atoms with Gasteiger partial charge < -0.3 is 4.42 Å². The van der Waals surface area contributed by atoms with E-state index in [4.69, 9.17) is 26.0 Å². The normalized spacial score (nSPS) is 12.3. The highest BCUT2D eigenvalue weighted by molar-refractivity contribution is 6.31. The molecule has 0 radical (unpaired) electrons. The average Bonchev–Trinajstić information content (AvgIpc) is 2.68. The standard InChI is InChI=1S/C21H12ClN3O/c22-13-5-6-17-19(11-13)26-20-12-18(24-14-7-9-23-10-8-14)15-3-1-2-4-16(15)21(20)25-17/h1-12H. The number of hydrogen-bond acceptors (Lipinski definition) is 4. The Kier molecular flexibility index (Phi) is 3.43. The third-order valence-corrected chi connectivity index (χ3v) is 4.48. The first-order valence-corrected chi connectivity index (χ1v) is 8.52. The number of fused-ring (bicyclic) bond motifs is 4. The Hall–Kier alpha value is -3.24. The maximum absolute atomic E-state index is 6.09. The fourth-order valence-corrected chi connectivity index (χ4v) is 3.22. The molecule has 1 aliphatic heterocycles. The summed E-state index contributed by atoms with van der Waals surface area (Å²) >= 11 is 6.09. The van der Waals surface area contributed by atoms with Crippen molar-refractivity contribution >= 4 is 39.2 Å². The Labute approximate surface area is 153 Å². The van der Waals surface area contributed by atoms with E-state index in [0.717, 1.165) is 33.0 Å². The highest BCUT2D eigenvalue weighted by Crippen LogP contribution is 2.31. The molecule has 0 unspecified atom stereocenters. The van der Waals surface area contributed by atoms with E-state index < -0.39 is 0 Å². The number of pyridine rings is 1. The summed E-state index contributed by atoms with van der Waals surface area (Å²) in [7, 11) is 0. The molecule has 0 spiro atoms. The van der Waals surface area contributed by atoms with Gasteiger partial charge in [-0.05, 0) is 24.3 Å². The van der Waals surface area contributed by atoms with Crippen molar-refractivity contribution < 1.29 is 4.42 Å². The molecule has 2 aromatic carbocycles. The van der Waals surface area contributed by atoms with Gasteiger partial charge in [-0.2, -0.15) is 0 Å². The molecular formula is C21H12ClN3O. The molecule has 124 valence electrons. The largest absolute Gasteiger partial charge is 0.453 e. The van der Waals surface area contributed by atoms with Gasteiger partial charge in [0.2, 0.25) is 0 Å². The molecule has 0 saturated heterocycles. The van der Waals surface area contributed by atoms with E-state index in [2.05, 4.69) is 4.98 Å². The first kappa shape index (κ1) is 15.0. The van der Waals surface area contributed by atoms with Crippen LogP contribution in [0.2, 0.25) is 5.02 Å². The van der Waals surface area contributed by atoms with Gasteiger partial charge in [0.05, 0.1) is 11.0 Å². The molecule has 1 aliphatic carbocycles. The predicted octanol–water partition coefficient (Wildman–Crippen LogP) is 5.37. The summed E-state index contributed by atoms with van der Waals surface area (Å²) in [6.45, 7) is 0. The van der Waals surface area contributed by atoms with Gasteiger partial charge in [-0.1, -0.05) is 35.9 Å². The van der Waals surface area contributed by atoms with Crippen LogP contribution in [-0.4, -0.2) is 9.97 Å². The van der Waals surface area contributed by atoms with Gasteiger partial charge >= 0.3 is 0 Å². The topological polar surface area (TPSA) is 51.3 Å². The molecule has 2 heterocycles. The number of rotatable bonds is 1. The Morgan fingerprint density at radius 2 is 1.69 bits per heavy atom. The minimum absolute atomic E-state index is 0.616. The van der Waals surface area contributed by atoms with Crippen LogP contribution in [0.25, 0.3) is 33.3 Å². The van der Waals surface area contributed by atoms with E-state index in [1.807, 2.05) is 54.6 Å². The van der Waals surface area contributed by atoms with Gasteiger partial charge in [-0.25, -0.2) is 9.98 Å². The van der Waals surface area contributed by atoms with Gasteiger partial charge in [0.25, 0.3) is 0 Å². The second kappa shape index (κ2) is 5.93. The van der Waals surface area contributed by atoms with Crippen molar-refractivity contribution in [1.82, 2.24) is 9.97 Å². The molecule has 0 N–H and O–H groups in total. The fraction of sp³-hybridized carbons (Fsp3) is 0. The zero-order valence-electron chi connectivity index (χ0n) is 13.6. The van der Waals surface area contributed by atoms with Crippen LogP contribution in [0.15, 0.2) is 82.5 Å². The highest BCUT2D eigenvalue weighted by atomic mass is 35.5. The smallest absolute Gasteiger partial charge is 0.155 e. The third-order valence-electron chi connectivity index (χ3n) is 4.25. The van der Waals surface area contributed by atoms with Gasteiger partial charge in [0.15, 0.2) is 11.3 Å². The lowest BCUT2D eigenvalue weighted by Crippen LogP contribution is -2.06. The van der Waals surface area contributed by atoms with Crippen molar-refractivity contribution in [2.75, 3.05) is 0 Å². The van der Waals surface area contributed by atoms with Gasteiger partial charge in [0.1, 0.15) is 11.2 Å². The van der Waals surface area contributed by atoms with Crippen LogP contribution in [0.3, 0.4) is 0 Å². The first-order valence-electron chi connectivity index (χ1n) is 8.14. The quantitative estimate of drug-likeness (QED) is 0.299. The number of aromatic nitrogens is 2. The molecule has 2 aliphatic rings. The van der Waals surface area contributed by atoms with Crippen LogP contribution in [-0.2, 0) is 0 Å². The van der Waals surface area contributed by atoms with Crippen LogP contribution < -0.4 is 5.36 Å². The summed E-state index contributed by atoms with van der Waals surface area (Å²) in [5.74, 6) is 0.672. The van der Waals surface area contributed by atoms with Crippen LogP contribution in [0.1, 0.15) is 0 Å². The van der Waals surface area contributed by atoms with Gasteiger partial charge in [0, 0.05) is 40.3 Å². The Bertz CT molecular complexity index is 1300. The number of nitrogens with zero attached hydrogens (tertiary/aromatic N) is 3. The highest BCUT2D eigenvalue weighted by Gasteiger charge is 2.14. The number of hydrogen-bond donors (Lipinski definition) is 0. The zero-order valence-corrected chi connectivity index (χ0v) is 14.3. The van der Waals surface area contributed by atoms with Gasteiger partial charge in [-0.15, -0.1) is 0 Å². The molecule has 0 atom stereocenters. The summed E-state index contributed by atoms with van der Waals surface area (Å²) in [6, 6.07) is 19.2. The summed E-state index contributed by atoms with van der Waals surface area (Å²) in [6.07, 6.45) is 3.45. The zero-order chi connectivity index (χ0) is 17.5. The predicted molar refractivity (Wildman–Crippen MR) is 103 cm³/mol. The second-order valence-corrected chi connectivity index (χ2v) is 6.37. The lowest BCUT2D eigenvalue weighted by atomic mass is 10.0. The lowest BCUT2D eigenvalue weighted by molar-refractivity contribution is 0.613. The van der Waals surface area contributed by atoms with Crippen LogP contribution in [0.4, 0.5) is 5.69 Å². The SMILES string of the molecule is Clc1ccc2nc3c4ccccc4c(=Nc4ccncc4)cc-3oc2c1. The first-order chi connectivity index (χ1) is 12.8. The maximum Gasteiger partial charge on any atom is 0.155 e. The molecular weight excluding hydrogens is 346 g/mol. The molecule has 26 heavy (non-hydrogen) atoms. The summed E-state index contributed by atoms with van der Waals surface area (Å²) in [5, 5.41) is 3.46. The van der Waals surface area contributed by atoms with E-state index in [1.165, 1.54) is 0 Å². The van der Waals surface area contributed by atoms with E-state index in [1.54, 1.807) is 18.5 Å². The van der Waals surface area contributed by atoms with E-state index in [9.17, 15) is 0 Å². The Morgan fingerprint density at radius 3 is 2.54 bits per heavy atom. The monoisotopic (exact) mass is 357 g/mol. The molecule has 5 rings (SSSR count). The average molecular weight is 358 g/mol. The van der Waals surface area contributed by atoms with Crippen LogP contribution >= 0.6 is 11.6 Å². The van der Waals surface area contributed by atoms with E-state index >= 15 is 0 Å². The van der Waals surface area contributed by atoms with Crippen molar-refractivity contribution in [1.29, 1.82) is 0 Å². The summed E-state index contributed by atoms with van der Waals surface area (Å²) in [5.41, 5.74) is 3.06. The minimum Gasteiger partial charge on any atom is -0.453 e. The molecule has 0 fully saturated rings. The summed E-state index contributed by atoms with van der Waals surface area (Å²) in [4.78, 5) is 13.6. The second-order valence-electron chi connectivity index (χ2n) is 5.93. The third kappa shape index (κ3) is 2.52. The van der Waals surface area contributed by atoms with Crippen molar-refractivity contribution in [2.24, 2.45) is 4.99 Å². The molecule has 3 aromatic rings. The molecule has 4 nitrogen and oxygen atoms in total. The molecule has 0 saturated carbocycles. The molecule has 1 aromatic heterocycles. The maximum atomic E-state index is 6.09. The number of halogens is 1. The van der Waals surface area contributed by atoms with E-state index in [-0.39, 0.29) is 0 Å². The Morgan fingerprint density at radius 1 is 0.885 bits per heavy atom. The van der Waals surface area contributed by atoms with Crippen molar-refractivity contribution in [3.8, 4) is 11.5 Å². The van der Waals surface area contributed by atoms with Crippen molar-refractivity contribution in [2.45, 2.75) is 0 Å². The fourth-order valence-electron chi connectivity index (χ4n) is 3.06. The molecule has 5 heteroatoms. The van der Waals surface area contributed by atoms with Crippen molar-refractivity contribution in [3.05, 3.63) is 83.4 Å².